The molecule has 1 saturated heterocycles. The topological polar surface area (TPSA) is 88.3 Å². The number of carbonyl (C=O) groups excluding carboxylic acids is 1. The van der Waals surface area contributed by atoms with Crippen molar-refractivity contribution in [3.8, 4) is 11.3 Å². The van der Waals surface area contributed by atoms with Gasteiger partial charge in [0.05, 0.1) is 35.4 Å². The monoisotopic (exact) mass is 382 g/mol. The highest BCUT2D eigenvalue weighted by Gasteiger charge is 2.35. The van der Waals surface area contributed by atoms with Gasteiger partial charge in [0.15, 0.2) is 0 Å². The maximum absolute atomic E-state index is 13.0. The van der Waals surface area contributed by atoms with Crippen LogP contribution < -0.4 is 0 Å². The number of imidazole rings is 1. The summed E-state index contributed by atoms with van der Waals surface area (Å²) in [6, 6.07) is 3.86. The molecule has 7 heteroatoms. The fourth-order valence-corrected chi connectivity index (χ4v) is 4.38. The van der Waals surface area contributed by atoms with Gasteiger partial charge in [-0.1, -0.05) is 0 Å². The van der Waals surface area contributed by atoms with Crippen LogP contribution in [0.5, 0.6) is 0 Å². The second-order valence-corrected chi connectivity index (χ2v) is 8.55. The number of carbonyl (C=O) groups is 2. The van der Waals surface area contributed by atoms with Crippen LogP contribution in [-0.4, -0.2) is 55.9 Å². The van der Waals surface area contributed by atoms with Gasteiger partial charge in [-0.2, -0.15) is 0 Å². The third-order valence-electron chi connectivity index (χ3n) is 6.07. The number of ketones is 1. The van der Waals surface area contributed by atoms with E-state index >= 15 is 0 Å². The number of rotatable bonds is 6. The van der Waals surface area contributed by atoms with Crippen LogP contribution in [0.4, 0.5) is 0 Å². The lowest BCUT2D eigenvalue weighted by atomic mass is 9.86. The van der Waals surface area contributed by atoms with E-state index in [0.717, 1.165) is 42.9 Å². The van der Waals surface area contributed by atoms with Gasteiger partial charge in [0.2, 0.25) is 0 Å². The Morgan fingerprint density at radius 3 is 2.75 bits per heavy atom. The number of aliphatic carboxylic acids is 1. The molecule has 2 aliphatic heterocycles. The summed E-state index contributed by atoms with van der Waals surface area (Å²) < 4.78 is 2.06. The van der Waals surface area contributed by atoms with Crippen LogP contribution >= 0.6 is 0 Å². The van der Waals surface area contributed by atoms with E-state index in [4.69, 9.17) is 0 Å². The minimum atomic E-state index is -0.783. The molecule has 1 unspecified atom stereocenters. The minimum absolute atomic E-state index is 0.0314. The van der Waals surface area contributed by atoms with Crippen LogP contribution in [0.25, 0.3) is 11.3 Å². The first-order valence-electron chi connectivity index (χ1n) is 9.82. The van der Waals surface area contributed by atoms with Crippen LogP contribution in [0.15, 0.2) is 30.9 Å². The first kappa shape index (κ1) is 18.8. The SMILES string of the molecule is CC(C)(CN1CCC(C(=O)CC2c3ncccc3-c3cncn32)CC1)C(=O)O. The van der Waals surface area contributed by atoms with Crippen molar-refractivity contribution in [2.75, 3.05) is 19.6 Å². The normalized spacial score (nSPS) is 20.0. The summed E-state index contributed by atoms with van der Waals surface area (Å²) in [7, 11) is 0. The molecule has 2 aromatic heterocycles. The van der Waals surface area contributed by atoms with E-state index in [1.54, 1.807) is 26.4 Å². The number of likely N-dealkylation sites (tertiary alicyclic amines) is 1. The Morgan fingerprint density at radius 2 is 2.04 bits per heavy atom. The van der Waals surface area contributed by atoms with Crippen LogP contribution in [-0.2, 0) is 9.59 Å². The molecule has 7 nitrogen and oxygen atoms in total. The fourth-order valence-electron chi connectivity index (χ4n) is 4.38. The molecule has 4 rings (SSSR count). The Bertz CT molecular complexity index is 897. The molecule has 1 atom stereocenters. The van der Waals surface area contributed by atoms with Gasteiger partial charge in [-0.3, -0.25) is 14.6 Å². The predicted octanol–water partition coefficient (Wildman–Crippen LogP) is 2.63. The molecule has 0 bridgehead atoms. The van der Waals surface area contributed by atoms with Crippen molar-refractivity contribution < 1.29 is 14.7 Å². The molecule has 0 spiro atoms. The fraction of sp³-hybridized carbons (Fsp3) is 0.524. The van der Waals surface area contributed by atoms with Crippen LogP contribution in [0.3, 0.4) is 0 Å². The van der Waals surface area contributed by atoms with Gasteiger partial charge in [0.1, 0.15) is 5.78 Å². The predicted molar refractivity (Wildman–Crippen MR) is 104 cm³/mol. The van der Waals surface area contributed by atoms with Gasteiger partial charge < -0.3 is 14.6 Å². The van der Waals surface area contributed by atoms with E-state index in [1.807, 2.05) is 18.3 Å². The average Bonchev–Trinajstić information content (AvgIpc) is 3.25. The molecule has 2 aromatic rings. The lowest BCUT2D eigenvalue weighted by molar-refractivity contribution is -0.148. The zero-order valence-electron chi connectivity index (χ0n) is 16.3. The molecule has 2 aliphatic rings. The molecule has 0 aromatic carbocycles. The molecule has 1 fully saturated rings. The Labute approximate surface area is 164 Å². The molecular weight excluding hydrogens is 356 g/mol. The van der Waals surface area contributed by atoms with Crippen molar-refractivity contribution in [2.45, 2.75) is 39.2 Å². The summed E-state index contributed by atoms with van der Waals surface area (Å²) in [4.78, 5) is 35.3. The number of Topliss-reactive ketones (excluding diaryl/α,β-unsaturated/α-hetero) is 1. The Morgan fingerprint density at radius 1 is 1.29 bits per heavy atom. The van der Waals surface area contributed by atoms with Crippen molar-refractivity contribution in [3.63, 3.8) is 0 Å². The standard InChI is InChI=1S/C21H26N4O3/c1-21(2,20(27)28)12-24-8-5-14(6-9-24)18(26)10-16-19-15(4-3-7-23-19)17-11-22-13-25(16)17/h3-4,7,11,13-14,16H,5-6,8-10,12H2,1-2H3,(H,27,28). The zero-order chi connectivity index (χ0) is 19.9. The van der Waals surface area contributed by atoms with E-state index in [-0.39, 0.29) is 17.7 Å². The summed E-state index contributed by atoms with van der Waals surface area (Å²) in [6.45, 7) is 5.55. The third kappa shape index (κ3) is 3.35. The molecular formula is C21H26N4O3. The Hall–Kier alpha value is -2.54. The lowest BCUT2D eigenvalue weighted by Gasteiger charge is -2.35. The number of carboxylic acid groups (broad SMARTS) is 1. The summed E-state index contributed by atoms with van der Waals surface area (Å²) in [5.74, 6) is -0.488. The highest BCUT2D eigenvalue weighted by molar-refractivity contribution is 5.83. The highest BCUT2D eigenvalue weighted by atomic mass is 16.4. The second kappa shape index (κ2) is 7.13. The van der Waals surface area contributed by atoms with E-state index < -0.39 is 11.4 Å². The van der Waals surface area contributed by atoms with Crippen LogP contribution in [0.2, 0.25) is 0 Å². The number of aromatic nitrogens is 3. The van der Waals surface area contributed by atoms with Gasteiger partial charge in [0.25, 0.3) is 0 Å². The molecule has 0 radical (unpaired) electrons. The van der Waals surface area contributed by atoms with Crippen LogP contribution in [0, 0.1) is 11.3 Å². The molecule has 0 aliphatic carbocycles. The molecule has 1 N–H and O–H groups in total. The highest BCUT2D eigenvalue weighted by Crippen LogP contribution is 2.40. The van der Waals surface area contributed by atoms with E-state index in [0.29, 0.717) is 13.0 Å². The van der Waals surface area contributed by atoms with Gasteiger partial charge in [-0.05, 0) is 51.9 Å². The summed E-state index contributed by atoms with van der Waals surface area (Å²) >= 11 is 0. The van der Waals surface area contributed by atoms with Gasteiger partial charge in [0, 0.05) is 30.6 Å². The van der Waals surface area contributed by atoms with Gasteiger partial charge >= 0.3 is 5.97 Å². The number of carboxylic acids is 1. The number of hydrogen-bond donors (Lipinski definition) is 1. The van der Waals surface area contributed by atoms with Crippen molar-refractivity contribution in [1.29, 1.82) is 0 Å². The average molecular weight is 382 g/mol. The first-order chi connectivity index (χ1) is 13.4. The number of nitrogens with zero attached hydrogens (tertiary/aromatic N) is 4. The van der Waals surface area contributed by atoms with Crippen LogP contribution in [0.1, 0.15) is 44.8 Å². The maximum Gasteiger partial charge on any atom is 0.310 e. The number of fused-ring (bicyclic) bond motifs is 3. The third-order valence-corrected chi connectivity index (χ3v) is 6.07. The zero-order valence-corrected chi connectivity index (χ0v) is 16.3. The van der Waals surface area contributed by atoms with E-state index in [2.05, 4.69) is 19.4 Å². The van der Waals surface area contributed by atoms with Gasteiger partial charge in [-0.25, -0.2) is 4.98 Å². The lowest BCUT2D eigenvalue weighted by Crippen LogP contribution is -2.44. The number of hydrogen-bond acceptors (Lipinski definition) is 5. The quantitative estimate of drug-likeness (QED) is 0.826. The van der Waals surface area contributed by atoms with E-state index in [9.17, 15) is 14.7 Å². The largest absolute Gasteiger partial charge is 0.481 e. The molecule has 28 heavy (non-hydrogen) atoms. The summed E-state index contributed by atoms with van der Waals surface area (Å²) in [6.07, 6.45) is 7.39. The summed E-state index contributed by atoms with van der Waals surface area (Å²) in [5, 5.41) is 9.32. The van der Waals surface area contributed by atoms with Crippen molar-refractivity contribution in [3.05, 3.63) is 36.5 Å². The second-order valence-electron chi connectivity index (χ2n) is 8.55. The Balaban J connectivity index is 1.39. The van der Waals surface area contributed by atoms with E-state index in [1.165, 1.54) is 0 Å². The minimum Gasteiger partial charge on any atom is -0.481 e. The number of piperidine rings is 1. The molecule has 0 amide bonds. The first-order valence-corrected chi connectivity index (χ1v) is 9.82. The van der Waals surface area contributed by atoms with Crippen molar-refractivity contribution >= 4 is 11.8 Å². The maximum atomic E-state index is 13.0. The summed E-state index contributed by atoms with van der Waals surface area (Å²) in [5.41, 5.74) is 2.26. The Kier molecular flexibility index (Phi) is 4.79. The van der Waals surface area contributed by atoms with Gasteiger partial charge in [-0.15, -0.1) is 0 Å². The number of pyridine rings is 1. The van der Waals surface area contributed by atoms with Crippen molar-refractivity contribution in [2.24, 2.45) is 11.3 Å². The smallest absolute Gasteiger partial charge is 0.310 e. The molecule has 148 valence electrons. The molecule has 4 heterocycles. The molecule has 0 saturated carbocycles. The van der Waals surface area contributed by atoms with Crippen molar-refractivity contribution in [1.82, 2.24) is 19.4 Å².